The van der Waals surface area contributed by atoms with Gasteiger partial charge in [-0.05, 0) is 25.7 Å². The molecule has 1 aliphatic rings. The highest BCUT2D eigenvalue weighted by Crippen LogP contribution is 2.08. The van der Waals surface area contributed by atoms with Crippen LogP contribution in [0.25, 0.3) is 0 Å². The minimum atomic E-state index is 1.23. The minimum absolute atomic E-state index is 1.23. The van der Waals surface area contributed by atoms with Gasteiger partial charge in [0.2, 0.25) is 0 Å². The molecule has 0 aromatic carbocycles. The number of rotatable bonds is 0. The molecule has 82 valence electrons. The van der Waals surface area contributed by atoms with Gasteiger partial charge in [0.1, 0.15) is 0 Å². The van der Waals surface area contributed by atoms with Crippen molar-refractivity contribution in [1.82, 2.24) is 0 Å². The number of allylic oxidation sites excluding steroid dienone is 8. The van der Waals surface area contributed by atoms with E-state index in [1.807, 2.05) is 0 Å². The summed E-state index contributed by atoms with van der Waals surface area (Å²) >= 11 is 0. The van der Waals surface area contributed by atoms with Crippen molar-refractivity contribution in [3.8, 4) is 0 Å². The molecule has 0 fully saturated rings. The third kappa shape index (κ3) is 7.99. The summed E-state index contributed by atoms with van der Waals surface area (Å²) in [5, 5.41) is 0. The van der Waals surface area contributed by atoms with Crippen molar-refractivity contribution in [1.29, 1.82) is 0 Å². The first-order chi connectivity index (χ1) is 7.50. The second-order valence-corrected chi connectivity index (χ2v) is 3.97. The van der Waals surface area contributed by atoms with Crippen LogP contribution in [0.3, 0.4) is 0 Å². The molecule has 0 aromatic heterocycles. The molecule has 0 heteroatoms. The summed E-state index contributed by atoms with van der Waals surface area (Å²) in [5.74, 6) is 0. The van der Waals surface area contributed by atoms with Crippen LogP contribution in [0.2, 0.25) is 0 Å². The topological polar surface area (TPSA) is 0 Å². The lowest BCUT2D eigenvalue weighted by Crippen LogP contribution is -1.77. The fourth-order valence-corrected chi connectivity index (χ4v) is 1.66. The molecular formula is C15H22. The average molecular weight is 202 g/mol. The summed E-state index contributed by atoms with van der Waals surface area (Å²) in [4.78, 5) is 0. The molecule has 0 bridgehead atoms. The molecule has 0 heterocycles. The van der Waals surface area contributed by atoms with Gasteiger partial charge in [-0.3, -0.25) is 0 Å². The highest BCUT2D eigenvalue weighted by molar-refractivity contribution is 5.15. The molecule has 0 nitrogen and oxygen atoms in total. The second-order valence-electron chi connectivity index (χ2n) is 3.97. The van der Waals surface area contributed by atoms with E-state index in [1.54, 1.807) is 0 Å². The summed E-state index contributed by atoms with van der Waals surface area (Å²) in [7, 11) is 0. The van der Waals surface area contributed by atoms with Gasteiger partial charge in [0.15, 0.2) is 0 Å². The van der Waals surface area contributed by atoms with Gasteiger partial charge in [-0.2, -0.15) is 0 Å². The van der Waals surface area contributed by atoms with E-state index in [0.717, 1.165) is 0 Å². The summed E-state index contributed by atoms with van der Waals surface area (Å²) in [6.07, 6.45) is 26.5. The van der Waals surface area contributed by atoms with E-state index in [4.69, 9.17) is 0 Å². The van der Waals surface area contributed by atoms with Gasteiger partial charge in [-0.15, -0.1) is 0 Å². The Morgan fingerprint density at radius 2 is 0.800 bits per heavy atom. The Kier molecular flexibility index (Phi) is 7.63. The summed E-state index contributed by atoms with van der Waals surface area (Å²) in [6, 6.07) is 0. The van der Waals surface area contributed by atoms with Crippen LogP contribution in [0.5, 0.6) is 0 Å². The van der Waals surface area contributed by atoms with Gasteiger partial charge in [0, 0.05) is 0 Å². The van der Waals surface area contributed by atoms with Crippen LogP contribution in [0.15, 0.2) is 48.6 Å². The Morgan fingerprint density at radius 1 is 0.400 bits per heavy atom. The van der Waals surface area contributed by atoms with E-state index >= 15 is 0 Å². The summed E-state index contributed by atoms with van der Waals surface area (Å²) < 4.78 is 0. The highest BCUT2D eigenvalue weighted by Gasteiger charge is 1.88. The molecule has 0 saturated carbocycles. The van der Waals surface area contributed by atoms with Crippen molar-refractivity contribution >= 4 is 0 Å². The van der Waals surface area contributed by atoms with Gasteiger partial charge >= 0.3 is 0 Å². The molecule has 0 saturated heterocycles. The van der Waals surface area contributed by atoms with Crippen LogP contribution < -0.4 is 0 Å². The van der Waals surface area contributed by atoms with E-state index in [2.05, 4.69) is 48.6 Å². The van der Waals surface area contributed by atoms with Crippen molar-refractivity contribution in [3.63, 3.8) is 0 Å². The zero-order valence-corrected chi connectivity index (χ0v) is 9.57. The van der Waals surface area contributed by atoms with Gasteiger partial charge in [0.05, 0.1) is 0 Å². The molecular weight excluding hydrogens is 180 g/mol. The molecule has 0 amide bonds. The fraction of sp³-hybridized carbons (Fsp3) is 0.467. The van der Waals surface area contributed by atoms with E-state index < -0.39 is 0 Å². The Bertz CT molecular complexity index is 215. The molecule has 1 rings (SSSR count). The van der Waals surface area contributed by atoms with Crippen LogP contribution in [0, 0.1) is 0 Å². The van der Waals surface area contributed by atoms with Crippen molar-refractivity contribution in [3.05, 3.63) is 48.6 Å². The van der Waals surface area contributed by atoms with Crippen LogP contribution >= 0.6 is 0 Å². The molecule has 0 N–H and O–H groups in total. The molecule has 0 aliphatic heterocycles. The summed E-state index contributed by atoms with van der Waals surface area (Å²) in [5.41, 5.74) is 0. The van der Waals surface area contributed by atoms with Gasteiger partial charge in [-0.1, -0.05) is 67.9 Å². The lowest BCUT2D eigenvalue weighted by atomic mass is 10.1. The standard InChI is InChI=1S/C15H22/c1-2-4-6-8-10-12-14-15-13-11-9-7-5-3-1/h1-8H,9-15H2/b3-1+,4-2+,7-5-,8-6?. The van der Waals surface area contributed by atoms with E-state index in [-0.39, 0.29) is 0 Å². The van der Waals surface area contributed by atoms with Crippen molar-refractivity contribution in [2.45, 2.75) is 44.9 Å². The van der Waals surface area contributed by atoms with E-state index in [9.17, 15) is 0 Å². The first-order valence-corrected chi connectivity index (χ1v) is 6.15. The molecule has 0 aromatic rings. The fourth-order valence-electron chi connectivity index (χ4n) is 1.66. The highest BCUT2D eigenvalue weighted by atomic mass is 13.9. The molecule has 0 radical (unpaired) electrons. The molecule has 0 atom stereocenters. The van der Waals surface area contributed by atoms with Crippen LogP contribution in [0.1, 0.15) is 44.9 Å². The van der Waals surface area contributed by atoms with Crippen molar-refractivity contribution < 1.29 is 0 Å². The number of hydrogen-bond acceptors (Lipinski definition) is 0. The monoisotopic (exact) mass is 202 g/mol. The smallest absolute Gasteiger partial charge is 0.0348 e. The molecule has 1 aliphatic carbocycles. The van der Waals surface area contributed by atoms with Gasteiger partial charge < -0.3 is 0 Å². The predicted octanol–water partition coefficient (Wildman–Crippen LogP) is 4.96. The van der Waals surface area contributed by atoms with E-state index in [0.29, 0.717) is 0 Å². The van der Waals surface area contributed by atoms with Gasteiger partial charge in [-0.25, -0.2) is 0 Å². The van der Waals surface area contributed by atoms with Crippen LogP contribution in [0.4, 0.5) is 0 Å². The lowest BCUT2D eigenvalue weighted by molar-refractivity contribution is 0.622. The normalized spacial score (nSPS) is 26.1. The first-order valence-electron chi connectivity index (χ1n) is 6.15. The zero-order valence-electron chi connectivity index (χ0n) is 9.57. The maximum atomic E-state index is 2.26. The molecule has 15 heavy (non-hydrogen) atoms. The first kappa shape index (κ1) is 12.0. The SMILES string of the molecule is C1=CCCCCCCC\C=C/C=C/C=C/1. The Morgan fingerprint density at radius 3 is 1.33 bits per heavy atom. The Labute approximate surface area is 94.1 Å². The predicted molar refractivity (Wildman–Crippen MR) is 68.9 cm³/mol. The lowest BCUT2D eigenvalue weighted by Gasteiger charge is -1.97. The van der Waals surface area contributed by atoms with Crippen molar-refractivity contribution in [2.24, 2.45) is 0 Å². The third-order valence-corrected chi connectivity index (χ3v) is 2.57. The maximum Gasteiger partial charge on any atom is -0.0348 e. The largest absolute Gasteiger partial charge is 0.0845 e. The quantitative estimate of drug-likeness (QED) is 0.521. The Hall–Kier alpha value is -1.04. The van der Waals surface area contributed by atoms with Crippen LogP contribution in [-0.4, -0.2) is 0 Å². The van der Waals surface area contributed by atoms with Crippen molar-refractivity contribution in [2.75, 3.05) is 0 Å². The zero-order chi connectivity index (χ0) is 10.6. The summed E-state index contributed by atoms with van der Waals surface area (Å²) in [6.45, 7) is 0. The van der Waals surface area contributed by atoms with E-state index in [1.165, 1.54) is 44.9 Å². The van der Waals surface area contributed by atoms with Gasteiger partial charge in [0.25, 0.3) is 0 Å². The second kappa shape index (κ2) is 9.51. The molecule has 0 spiro atoms. The third-order valence-electron chi connectivity index (χ3n) is 2.57. The minimum Gasteiger partial charge on any atom is -0.0845 e. The Balaban J connectivity index is 2.34. The maximum absolute atomic E-state index is 2.26. The number of hydrogen-bond donors (Lipinski definition) is 0. The van der Waals surface area contributed by atoms with Crippen LogP contribution in [-0.2, 0) is 0 Å². The molecule has 0 unspecified atom stereocenters. The average Bonchev–Trinajstić information content (AvgIpc) is 2.27.